The van der Waals surface area contributed by atoms with Crippen molar-refractivity contribution in [2.24, 2.45) is 11.7 Å². The van der Waals surface area contributed by atoms with Gasteiger partial charge < -0.3 is 5.73 Å². The van der Waals surface area contributed by atoms with Crippen molar-refractivity contribution in [3.63, 3.8) is 0 Å². The molecular formula is C15H20ClFN4O2S. The van der Waals surface area contributed by atoms with E-state index in [2.05, 4.69) is 9.82 Å². The van der Waals surface area contributed by atoms with Gasteiger partial charge in [0.05, 0.1) is 11.1 Å². The van der Waals surface area contributed by atoms with Gasteiger partial charge in [0.15, 0.2) is 0 Å². The van der Waals surface area contributed by atoms with Crippen LogP contribution in [0.3, 0.4) is 0 Å². The molecule has 0 spiro atoms. The lowest BCUT2D eigenvalue weighted by Gasteiger charge is -2.12. The zero-order valence-electron chi connectivity index (χ0n) is 13.1. The Balaban J connectivity index is 0.00000208. The van der Waals surface area contributed by atoms with Crippen LogP contribution in [0.1, 0.15) is 18.4 Å². The topological polar surface area (TPSA) is 90.0 Å². The molecule has 3 N–H and O–H groups in total. The van der Waals surface area contributed by atoms with Crippen molar-refractivity contribution in [2.45, 2.75) is 30.7 Å². The maximum Gasteiger partial charge on any atom is 0.240 e. The molecule has 24 heavy (non-hydrogen) atoms. The van der Waals surface area contributed by atoms with E-state index in [0.29, 0.717) is 5.92 Å². The molecular weight excluding hydrogens is 355 g/mol. The highest BCUT2D eigenvalue weighted by atomic mass is 35.5. The zero-order valence-corrected chi connectivity index (χ0v) is 14.8. The quantitative estimate of drug-likeness (QED) is 0.806. The summed E-state index contributed by atoms with van der Waals surface area (Å²) < 4.78 is 42.5. The van der Waals surface area contributed by atoms with Crippen LogP contribution in [0.4, 0.5) is 4.39 Å². The largest absolute Gasteiger partial charge is 0.326 e. The number of hydrogen-bond acceptors (Lipinski definition) is 4. The molecule has 1 aliphatic rings. The molecule has 1 aliphatic carbocycles. The fourth-order valence-corrected chi connectivity index (χ4v) is 3.45. The Morgan fingerprint density at radius 3 is 2.71 bits per heavy atom. The Morgan fingerprint density at radius 2 is 2.17 bits per heavy atom. The summed E-state index contributed by atoms with van der Waals surface area (Å²) in [6.07, 6.45) is 5.34. The van der Waals surface area contributed by atoms with Crippen LogP contribution in [0.15, 0.2) is 35.5 Å². The molecule has 0 saturated heterocycles. The van der Waals surface area contributed by atoms with Crippen molar-refractivity contribution >= 4 is 22.4 Å². The van der Waals surface area contributed by atoms with Gasteiger partial charge in [-0.05, 0) is 49.4 Å². The third-order valence-corrected chi connectivity index (χ3v) is 5.35. The lowest BCUT2D eigenvalue weighted by atomic mass is 10.2. The van der Waals surface area contributed by atoms with Gasteiger partial charge >= 0.3 is 0 Å². The Bertz CT molecular complexity index is 821. The summed E-state index contributed by atoms with van der Waals surface area (Å²) in [4.78, 5) is -0.120. The van der Waals surface area contributed by atoms with Gasteiger partial charge in [0, 0.05) is 18.8 Å². The predicted octanol–water partition coefficient (Wildman–Crippen LogP) is 1.76. The first-order chi connectivity index (χ1) is 10.9. The first-order valence-electron chi connectivity index (χ1n) is 7.43. The monoisotopic (exact) mass is 374 g/mol. The minimum atomic E-state index is -3.78. The number of halogens is 2. The van der Waals surface area contributed by atoms with E-state index >= 15 is 0 Å². The van der Waals surface area contributed by atoms with Crippen molar-refractivity contribution in [3.8, 4) is 5.69 Å². The van der Waals surface area contributed by atoms with E-state index < -0.39 is 15.8 Å². The van der Waals surface area contributed by atoms with Gasteiger partial charge in [0.25, 0.3) is 0 Å². The second kappa shape index (κ2) is 7.18. The highest BCUT2D eigenvalue weighted by Gasteiger charge is 2.29. The third-order valence-electron chi connectivity index (χ3n) is 3.92. The number of nitrogens with zero attached hydrogens (tertiary/aromatic N) is 2. The van der Waals surface area contributed by atoms with Crippen molar-refractivity contribution in [1.82, 2.24) is 14.5 Å². The van der Waals surface area contributed by atoms with Crippen molar-refractivity contribution in [2.75, 3.05) is 6.54 Å². The fraction of sp³-hybridized carbons (Fsp3) is 0.400. The van der Waals surface area contributed by atoms with E-state index in [1.807, 2.05) is 6.92 Å². The zero-order chi connectivity index (χ0) is 16.6. The normalized spacial score (nSPS) is 15.8. The molecule has 1 aromatic heterocycles. The molecule has 0 amide bonds. The molecule has 1 aromatic carbocycles. The highest BCUT2D eigenvalue weighted by molar-refractivity contribution is 7.89. The minimum absolute atomic E-state index is 0. The van der Waals surface area contributed by atoms with E-state index in [4.69, 9.17) is 5.73 Å². The number of aryl methyl sites for hydroxylation is 1. The highest BCUT2D eigenvalue weighted by Crippen LogP contribution is 2.31. The molecule has 0 bridgehead atoms. The summed E-state index contributed by atoms with van der Waals surface area (Å²) in [6.45, 7) is 2.00. The van der Waals surface area contributed by atoms with Crippen LogP contribution in [0, 0.1) is 18.7 Å². The summed E-state index contributed by atoms with van der Waals surface area (Å²) in [6, 6.07) is 3.57. The lowest BCUT2D eigenvalue weighted by Crippen LogP contribution is -2.38. The van der Waals surface area contributed by atoms with Gasteiger partial charge in [-0.15, -0.1) is 12.4 Å². The van der Waals surface area contributed by atoms with E-state index in [1.54, 1.807) is 12.4 Å². The van der Waals surface area contributed by atoms with Crippen LogP contribution in [0.2, 0.25) is 0 Å². The summed E-state index contributed by atoms with van der Waals surface area (Å²) in [5.74, 6) is -0.262. The summed E-state index contributed by atoms with van der Waals surface area (Å²) >= 11 is 0. The van der Waals surface area contributed by atoms with Crippen molar-refractivity contribution in [1.29, 1.82) is 0 Å². The van der Waals surface area contributed by atoms with E-state index in [9.17, 15) is 12.8 Å². The third kappa shape index (κ3) is 4.13. The summed E-state index contributed by atoms with van der Waals surface area (Å²) in [5, 5.41) is 4.02. The van der Waals surface area contributed by atoms with Gasteiger partial charge in [-0.1, -0.05) is 0 Å². The molecule has 1 saturated carbocycles. The first-order valence-corrected chi connectivity index (χ1v) is 8.91. The van der Waals surface area contributed by atoms with Crippen molar-refractivity contribution in [3.05, 3.63) is 42.0 Å². The van der Waals surface area contributed by atoms with Crippen LogP contribution >= 0.6 is 12.4 Å². The minimum Gasteiger partial charge on any atom is -0.326 e. The van der Waals surface area contributed by atoms with Gasteiger partial charge in [-0.3, -0.25) is 0 Å². The number of aromatic nitrogens is 2. The van der Waals surface area contributed by atoms with Crippen LogP contribution in [-0.4, -0.2) is 30.8 Å². The van der Waals surface area contributed by atoms with Crippen LogP contribution in [-0.2, 0) is 10.0 Å². The van der Waals surface area contributed by atoms with Gasteiger partial charge in [0.1, 0.15) is 11.5 Å². The van der Waals surface area contributed by atoms with E-state index in [0.717, 1.165) is 24.5 Å². The average molecular weight is 375 g/mol. The first kappa shape index (κ1) is 18.9. The number of nitrogens with two attached hydrogens (primary N) is 1. The van der Waals surface area contributed by atoms with Crippen LogP contribution in [0.25, 0.3) is 5.69 Å². The van der Waals surface area contributed by atoms with Crippen LogP contribution in [0.5, 0.6) is 0 Å². The molecule has 3 rings (SSSR count). The SMILES string of the molecule is Cc1cnn(-c2ccc(S(=O)(=O)NCC(N)C3CC3)cc2F)c1.Cl. The van der Waals surface area contributed by atoms with E-state index in [-0.39, 0.29) is 35.6 Å². The standard InChI is InChI=1S/C15H19FN4O2S.ClH/c1-10-7-18-20(9-10)15-5-4-12(6-13(15)16)23(21,22)19-8-14(17)11-2-3-11;/h4-7,9,11,14,19H,2-3,8,17H2,1H3;1H. The van der Waals surface area contributed by atoms with Crippen molar-refractivity contribution < 1.29 is 12.8 Å². The Labute approximate surface area is 146 Å². The number of nitrogens with one attached hydrogen (secondary N) is 1. The molecule has 2 aromatic rings. The smallest absolute Gasteiger partial charge is 0.240 e. The lowest BCUT2D eigenvalue weighted by molar-refractivity contribution is 0.546. The molecule has 0 radical (unpaired) electrons. The number of sulfonamides is 1. The second-order valence-corrected chi connectivity index (χ2v) is 7.70. The van der Waals surface area contributed by atoms with Gasteiger partial charge in [0.2, 0.25) is 10.0 Å². The fourth-order valence-electron chi connectivity index (χ4n) is 2.37. The number of hydrogen-bond donors (Lipinski definition) is 2. The Morgan fingerprint density at radius 1 is 1.46 bits per heavy atom. The molecule has 0 aliphatic heterocycles. The predicted molar refractivity (Wildman–Crippen MR) is 91.4 cm³/mol. The number of rotatable bonds is 6. The second-order valence-electron chi connectivity index (χ2n) is 5.93. The molecule has 1 atom stereocenters. The molecule has 6 nitrogen and oxygen atoms in total. The van der Waals surface area contributed by atoms with Crippen LogP contribution < -0.4 is 10.5 Å². The number of benzene rings is 1. The maximum absolute atomic E-state index is 14.2. The maximum atomic E-state index is 14.2. The summed E-state index contributed by atoms with van der Waals surface area (Å²) in [7, 11) is -3.78. The van der Waals surface area contributed by atoms with Gasteiger partial charge in [-0.2, -0.15) is 5.10 Å². The van der Waals surface area contributed by atoms with Gasteiger partial charge in [-0.25, -0.2) is 22.2 Å². The molecule has 1 unspecified atom stereocenters. The summed E-state index contributed by atoms with van der Waals surface area (Å²) in [5.41, 5.74) is 6.97. The average Bonchev–Trinajstić information content (AvgIpc) is 3.27. The molecule has 9 heteroatoms. The Hall–Kier alpha value is -1.48. The molecule has 1 fully saturated rings. The Kier molecular flexibility index (Phi) is 5.64. The molecule has 132 valence electrons. The molecule has 1 heterocycles. The van der Waals surface area contributed by atoms with E-state index in [1.165, 1.54) is 16.8 Å².